The second-order valence-corrected chi connectivity index (χ2v) is 6.18. The van der Waals surface area contributed by atoms with Crippen molar-refractivity contribution in [1.82, 2.24) is 14.7 Å². The normalized spacial score (nSPS) is 21.2. The zero-order valence-corrected chi connectivity index (χ0v) is 13.1. The van der Waals surface area contributed by atoms with Crippen LogP contribution in [0.15, 0.2) is 12.4 Å². The molecule has 1 fully saturated rings. The number of β-amino-alcohol motifs (C(OH)–C–C–N with tert-alkyl or cyclic N) is 1. The number of nitrogens with zero attached hydrogens (tertiary/aromatic N) is 4. The number of hydrogen-bond donors (Lipinski definition) is 1. The Hall–Kier alpha value is -1.51. The molecule has 0 aromatic carbocycles. The molecule has 8 nitrogen and oxygen atoms in total. The number of ether oxygens (including phenoxy) is 1. The molecule has 1 N–H and O–H groups in total. The molecule has 1 aromatic rings. The highest BCUT2D eigenvalue weighted by atomic mass is 16.6. The lowest BCUT2D eigenvalue weighted by molar-refractivity contribution is -0.385. The van der Waals surface area contributed by atoms with E-state index in [9.17, 15) is 15.2 Å². The maximum atomic E-state index is 10.6. The maximum Gasteiger partial charge on any atom is 0.306 e. The second-order valence-electron chi connectivity index (χ2n) is 6.18. The van der Waals surface area contributed by atoms with Gasteiger partial charge < -0.3 is 9.84 Å². The fourth-order valence-corrected chi connectivity index (χ4v) is 2.78. The average Bonchev–Trinajstić information content (AvgIpc) is 2.89. The summed E-state index contributed by atoms with van der Waals surface area (Å²) in [7, 11) is 0. The molecule has 1 aromatic heterocycles. The fourth-order valence-electron chi connectivity index (χ4n) is 2.78. The SMILES string of the molecule is CC(C)CC1COCCN1CC(O)Cn1cc([N+](=O)[O-])cn1. The van der Waals surface area contributed by atoms with E-state index < -0.39 is 11.0 Å². The second kappa shape index (κ2) is 7.66. The minimum Gasteiger partial charge on any atom is -0.390 e. The lowest BCUT2D eigenvalue weighted by atomic mass is 10.0. The summed E-state index contributed by atoms with van der Waals surface area (Å²) in [5.74, 6) is 0.570. The molecule has 0 amide bonds. The number of rotatable bonds is 7. The van der Waals surface area contributed by atoms with Gasteiger partial charge in [0.05, 0.1) is 30.8 Å². The zero-order valence-electron chi connectivity index (χ0n) is 13.1. The monoisotopic (exact) mass is 312 g/mol. The smallest absolute Gasteiger partial charge is 0.306 e. The molecular weight excluding hydrogens is 288 g/mol. The van der Waals surface area contributed by atoms with Crippen LogP contribution in [-0.4, -0.2) is 63.2 Å². The maximum absolute atomic E-state index is 10.6. The van der Waals surface area contributed by atoms with Crippen LogP contribution in [0, 0.1) is 16.0 Å². The van der Waals surface area contributed by atoms with Crippen molar-refractivity contribution in [2.45, 2.75) is 39.0 Å². The first-order valence-electron chi connectivity index (χ1n) is 7.62. The van der Waals surface area contributed by atoms with E-state index >= 15 is 0 Å². The van der Waals surface area contributed by atoms with Crippen molar-refractivity contribution in [3.63, 3.8) is 0 Å². The summed E-state index contributed by atoms with van der Waals surface area (Å²) in [6, 6.07) is 0.315. The van der Waals surface area contributed by atoms with Gasteiger partial charge in [0.15, 0.2) is 0 Å². The van der Waals surface area contributed by atoms with E-state index in [1.54, 1.807) is 0 Å². The highest BCUT2D eigenvalue weighted by Gasteiger charge is 2.25. The number of hydrogen-bond acceptors (Lipinski definition) is 6. The molecule has 0 radical (unpaired) electrons. The van der Waals surface area contributed by atoms with Crippen LogP contribution in [0.1, 0.15) is 20.3 Å². The van der Waals surface area contributed by atoms with Gasteiger partial charge >= 0.3 is 5.69 Å². The van der Waals surface area contributed by atoms with Crippen molar-refractivity contribution < 1.29 is 14.8 Å². The van der Waals surface area contributed by atoms with Crippen LogP contribution in [0.3, 0.4) is 0 Å². The largest absolute Gasteiger partial charge is 0.390 e. The highest BCUT2D eigenvalue weighted by Crippen LogP contribution is 2.16. The number of aliphatic hydroxyl groups excluding tert-OH is 1. The van der Waals surface area contributed by atoms with Crippen LogP contribution in [0.4, 0.5) is 5.69 Å². The zero-order chi connectivity index (χ0) is 16.1. The Labute approximate surface area is 129 Å². The van der Waals surface area contributed by atoms with Gasteiger partial charge in [-0.3, -0.25) is 19.7 Å². The van der Waals surface area contributed by atoms with Crippen LogP contribution in [0.5, 0.6) is 0 Å². The molecule has 2 atom stereocenters. The standard InChI is InChI=1S/C14H24N4O4/c1-11(2)5-12-10-22-4-3-16(12)8-14(19)9-17-7-13(6-15-17)18(20)21/h6-7,11-12,14,19H,3-5,8-10H2,1-2H3. The molecular formula is C14H24N4O4. The third-order valence-electron chi connectivity index (χ3n) is 3.77. The van der Waals surface area contributed by atoms with Gasteiger partial charge in [0.25, 0.3) is 0 Å². The number of nitro groups is 1. The summed E-state index contributed by atoms with van der Waals surface area (Å²) in [6.07, 6.45) is 2.95. The summed E-state index contributed by atoms with van der Waals surface area (Å²) in [5.41, 5.74) is -0.0590. The topological polar surface area (TPSA) is 93.7 Å². The Bertz CT molecular complexity index is 491. The first kappa shape index (κ1) is 16.9. The molecule has 1 aliphatic heterocycles. The number of morpholine rings is 1. The molecule has 2 unspecified atom stereocenters. The van der Waals surface area contributed by atoms with Crippen molar-refractivity contribution in [1.29, 1.82) is 0 Å². The van der Waals surface area contributed by atoms with Gasteiger partial charge in [-0.05, 0) is 12.3 Å². The first-order valence-corrected chi connectivity index (χ1v) is 7.62. The molecule has 0 spiro atoms. The van der Waals surface area contributed by atoms with Crippen molar-refractivity contribution in [3.8, 4) is 0 Å². The Morgan fingerprint density at radius 3 is 2.95 bits per heavy atom. The molecule has 124 valence electrons. The van der Waals surface area contributed by atoms with E-state index in [1.807, 2.05) is 0 Å². The lowest BCUT2D eigenvalue weighted by Crippen LogP contribution is -2.49. The van der Waals surface area contributed by atoms with Crippen LogP contribution >= 0.6 is 0 Å². The van der Waals surface area contributed by atoms with E-state index in [4.69, 9.17) is 4.74 Å². The predicted molar refractivity (Wildman–Crippen MR) is 80.5 cm³/mol. The van der Waals surface area contributed by atoms with Crippen LogP contribution in [-0.2, 0) is 11.3 Å². The molecule has 22 heavy (non-hydrogen) atoms. The van der Waals surface area contributed by atoms with Crippen LogP contribution in [0.25, 0.3) is 0 Å². The van der Waals surface area contributed by atoms with Gasteiger partial charge in [0.1, 0.15) is 12.4 Å². The third kappa shape index (κ3) is 4.75. The number of aliphatic hydroxyl groups is 1. The van der Waals surface area contributed by atoms with E-state index in [-0.39, 0.29) is 12.2 Å². The van der Waals surface area contributed by atoms with E-state index in [2.05, 4.69) is 23.8 Å². The minimum atomic E-state index is -0.618. The van der Waals surface area contributed by atoms with Crippen molar-refractivity contribution in [2.24, 2.45) is 5.92 Å². The summed E-state index contributed by atoms with van der Waals surface area (Å²) in [6.45, 7) is 7.28. The summed E-state index contributed by atoms with van der Waals surface area (Å²) in [5, 5.41) is 24.8. The van der Waals surface area contributed by atoms with E-state index in [1.165, 1.54) is 17.1 Å². The van der Waals surface area contributed by atoms with Crippen molar-refractivity contribution in [3.05, 3.63) is 22.5 Å². The van der Waals surface area contributed by atoms with Crippen LogP contribution in [0.2, 0.25) is 0 Å². The molecule has 0 saturated carbocycles. The Morgan fingerprint density at radius 1 is 1.55 bits per heavy atom. The van der Waals surface area contributed by atoms with Gasteiger partial charge in [0.2, 0.25) is 0 Å². The molecule has 1 saturated heterocycles. The highest BCUT2D eigenvalue weighted by molar-refractivity contribution is 5.20. The lowest BCUT2D eigenvalue weighted by Gasteiger charge is -2.37. The first-order chi connectivity index (χ1) is 10.5. The van der Waals surface area contributed by atoms with Gasteiger partial charge in [-0.15, -0.1) is 0 Å². The van der Waals surface area contributed by atoms with E-state index in [0.717, 1.165) is 13.0 Å². The number of aromatic nitrogens is 2. The fraction of sp³-hybridized carbons (Fsp3) is 0.786. The predicted octanol–water partition coefficient (Wildman–Crippen LogP) is 0.899. The van der Waals surface area contributed by atoms with Crippen LogP contribution < -0.4 is 0 Å². The minimum absolute atomic E-state index is 0.0590. The Morgan fingerprint density at radius 2 is 2.32 bits per heavy atom. The molecule has 8 heteroatoms. The van der Waals surface area contributed by atoms with E-state index in [0.29, 0.717) is 31.7 Å². The van der Waals surface area contributed by atoms with Gasteiger partial charge in [0, 0.05) is 19.1 Å². The Kier molecular flexibility index (Phi) is 5.87. The van der Waals surface area contributed by atoms with Crippen molar-refractivity contribution in [2.75, 3.05) is 26.3 Å². The Balaban J connectivity index is 1.88. The quantitative estimate of drug-likeness (QED) is 0.594. The summed E-state index contributed by atoms with van der Waals surface area (Å²) < 4.78 is 6.94. The summed E-state index contributed by atoms with van der Waals surface area (Å²) >= 11 is 0. The molecule has 1 aliphatic rings. The van der Waals surface area contributed by atoms with Gasteiger partial charge in [-0.25, -0.2) is 0 Å². The van der Waals surface area contributed by atoms with Crippen molar-refractivity contribution >= 4 is 5.69 Å². The third-order valence-corrected chi connectivity index (χ3v) is 3.77. The summed E-state index contributed by atoms with van der Waals surface area (Å²) in [4.78, 5) is 12.4. The van der Waals surface area contributed by atoms with Gasteiger partial charge in [-0.1, -0.05) is 13.8 Å². The average molecular weight is 312 g/mol. The molecule has 0 bridgehead atoms. The molecule has 2 heterocycles. The molecule has 0 aliphatic carbocycles. The van der Waals surface area contributed by atoms with Gasteiger partial charge in [-0.2, -0.15) is 5.10 Å². The molecule has 2 rings (SSSR count).